The van der Waals surface area contributed by atoms with E-state index in [9.17, 15) is 9.59 Å². The maximum absolute atomic E-state index is 13.4. The van der Waals surface area contributed by atoms with Crippen LogP contribution in [0.3, 0.4) is 0 Å². The second-order valence-electron chi connectivity index (χ2n) is 9.04. The van der Waals surface area contributed by atoms with Crippen LogP contribution in [0.2, 0.25) is 0 Å². The highest BCUT2D eigenvalue weighted by atomic mass is 16.2. The SMILES string of the molecule is O=C1NCCN(CCCc2ccccc2)CCCN(C(=O)c2ccccc2)[C@H]2CCC[C@@H]12. The number of aryl methyl sites for hydroxylation is 1. The molecule has 0 bridgehead atoms. The second-order valence-corrected chi connectivity index (χ2v) is 9.04. The van der Waals surface area contributed by atoms with E-state index < -0.39 is 0 Å². The first kappa shape index (κ1) is 22.5. The minimum Gasteiger partial charge on any atom is -0.355 e. The second kappa shape index (κ2) is 11.3. The molecule has 32 heavy (non-hydrogen) atoms. The highest BCUT2D eigenvalue weighted by Crippen LogP contribution is 2.31. The Morgan fingerprint density at radius 3 is 2.44 bits per heavy atom. The van der Waals surface area contributed by atoms with E-state index in [1.54, 1.807) is 0 Å². The molecule has 5 heteroatoms. The van der Waals surface area contributed by atoms with Crippen molar-refractivity contribution in [2.24, 2.45) is 5.92 Å². The maximum Gasteiger partial charge on any atom is 0.254 e. The summed E-state index contributed by atoms with van der Waals surface area (Å²) in [5.41, 5.74) is 2.08. The van der Waals surface area contributed by atoms with Crippen molar-refractivity contribution in [2.45, 2.75) is 44.6 Å². The van der Waals surface area contributed by atoms with E-state index in [1.807, 2.05) is 35.2 Å². The van der Waals surface area contributed by atoms with Crippen LogP contribution < -0.4 is 5.32 Å². The largest absolute Gasteiger partial charge is 0.355 e. The normalized spacial score (nSPS) is 22.6. The van der Waals surface area contributed by atoms with Gasteiger partial charge in [-0.3, -0.25) is 9.59 Å². The summed E-state index contributed by atoms with van der Waals surface area (Å²) in [5.74, 6) is 0.0852. The lowest BCUT2D eigenvalue weighted by molar-refractivity contribution is -0.126. The molecule has 2 aromatic carbocycles. The Morgan fingerprint density at radius 1 is 0.906 bits per heavy atom. The van der Waals surface area contributed by atoms with Gasteiger partial charge in [0.2, 0.25) is 5.91 Å². The Kier molecular flexibility index (Phi) is 7.94. The topological polar surface area (TPSA) is 52.7 Å². The van der Waals surface area contributed by atoms with Crippen molar-refractivity contribution in [3.63, 3.8) is 0 Å². The Hall–Kier alpha value is -2.66. The number of rotatable bonds is 5. The third-order valence-electron chi connectivity index (χ3n) is 6.88. The number of hydrogen-bond acceptors (Lipinski definition) is 3. The first-order valence-corrected chi connectivity index (χ1v) is 12.1. The van der Waals surface area contributed by atoms with Crippen LogP contribution in [0.5, 0.6) is 0 Å². The number of benzene rings is 2. The van der Waals surface area contributed by atoms with Crippen LogP contribution in [0.25, 0.3) is 0 Å². The van der Waals surface area contributed by atoms with Gasteiger partial charge >= 0.3 is 0 Å². The molecule has 5 nitrogen and oxygen atoms in total. The third kappa shape index (κ3) is 5.77. The molecule has 0 radical (unpaired) electrons. The number of hydrogen-bond donors (Lipinski definition) is 1. The van der Waals surface area contributed by atoms with Crippen LogP contribution in [0.1, 0.15) is 48.0 Å². The van der Waals surface area contributed by atoms with E-state index >= 15 is 0 Å². The van der Waals surface area contributed by atoms with Gasteiger partial charge in [0.1, 0.15) is 0 Å². The molecular formula is C27H35N3O2. The summed E-state index contributed by atoms with van der Waals surface area (Å²) in [7, 11) is 0. The molecule has 1 aliphatic carbocycles. The van der Waals surface area contributed by atoms with Crippen molar-refractivity contribution in [2.75, 3.05) is 32.7 Å². The van der Waals surface area contributed by atoms with E-state index in [4.69, 9.17) is 0 Å². The average Bonchev–Trinajstić information content (AvgIpc) is 3.31. The molecule has 1 saturated carbocycles. The van der Waals surface area contributed by atoms with Crippen LogP contribution in [0, 0.1) is 5.92 Å². The third-order valence-corrected chi connectivity index (χ3v) is 6.88. The quantitative estimate of drug-likeness (QED) is 0.781. The average molecular weight is 434 g/mol. The highest BCUT2D eigenvalue weighted by molar-refractivity contribution is 5.95. The molecule has 2 aliphatic rings. The zero-order valence-electron chi connectivity index (χ0n) is 18.9. The van der Waals surface area contributed by atoms with Gasteiger partial charge in [-0.25, -0.2) is 0 Å². The lowest BCUT2D eigenvalue weighted by atomic mass is 9.99. The fourth-order valence-corrected chi connectivity index (χ4v) is 5.20. The van der Waals surface area contributed by atoms with Gasteiger partial charge in [0.15, 0.2) is 0 Å². The lowest BCUT2D eigenvalue weighted by Gasteiger charge is -2.33. The predicted molar refractivity (Wildman–Crippen MR) is 127 cm³/mol. The number of fused-ring (bicyclic) bond motifs is 1. The van der Waals surface area contributed by atoms with Crippen molar-refractivity contribution < 1.29 is 9.59 Å². The summed E-state index contributed by atoms with van der Waals surface area (Å²) in [6.07, 6.45) is 5.88. The fraction of sp³-hybridized carbons (Fsp3) is 0.481. The zero-order chi connectivity index (χ0) is 22.2. The smallest absolute Gasteiger partial charge is 0.254 e. The Morgan fingerprint density at radius 2 is 1.66 bits per heavy atom. The standard InChI is InChI=1S/C27H35N3O2/c31-26-24-15-7-16-25(24)30(27(32)23-13-5-2-6-14-23)20-9-19-29(21-17-28-26)18-8-12-22-10-3-1-4-11-22/h1-6,10-11,13-14,24-25H,7-9,12,15-21H2,(H,28,31)/t24-,25+/m1/s1. The molecule has 0 spiro atoms. The van der Waals surface area contributed by atoms with Crippen molar-refractivity contribution in [3.05, 3.63) is 71.8 Å². The minimum absolute atomic E-state index is 0.00679. The van der Waals surface area contributed by atoms with Gasteiger partial charge in [-0.2, -0.15) is 0 Å². The van der Waals surface area contributed by atoms with Gasteiger partial charge in [-0.1, -0.05) is 55.0 Å². The van der Waals surface area contributed by atoms with E-state index in [1.165, 1.54) is 5.56 Å². The molecule has 4 rings (SSSR count). The molecular weight excluding hydrogens is 398 g/mol. The van der Waals surface area contributed by atoms with Crippen LogP contribution in [-0.4, -0.2) is 60.4 Å². The Labute approximate surface area is 191 Å². The molecule has 2 fully saturated rings. The number of amides is 2. The maximum atomic E-state index is 13.4. The molecule has 1 saturated heterocycles. The van der Waals surface area contributed by atoms with Crippen molar-refractivity contribution >= 4 is 11.8 Å². The van der Waals surface area contributed by atoms with Gasteiger partial charge in [-0.15, -0.1) is 0 Å². The number of nitrogens with zero attached hydrogens (tertiary/aromatic N) is 2. The van der Waals surface area contributed by atoms with Crippen molar-refractivity contribution in [3.8, 4) is 0 Å². The van der Waals surface area contributed by atoms with Gasteiger partial charge in [-0.05, 0) is 62.9 Å². The first-order chi connectivity index (χ1) is 15.7. The zero-order valence-corrected chi connectivity index (χ0v) is 18.9. The summed E-state index contributed by atoms with van der Waals surface area (Å²) < 4.78 is 0. The van der Waals surface area contributed by atoms with Crippen LogP contribution in [0.15, 0.2) is 60.7 Å². The predicted octanol–water partition coefficient (Wildman–Crippen LogP) is 3.75. The molecule has 1 aliphatic heterocycles. The lowest BCUT2D eigenvalue weighted by Crippen LogP contribution is -2.47. The van der Waals surface area contributed by atoms with Gasteiger partial charge in [0.05, 0.1) is 5.92 Å². The van der Waals surface area contributed by atoms with Crippen molar-refractivity contribution in [1.82, 2.24) is 15.1 Å². The fourth-order valence-electron chi connectivity index (χ4n) is 5.20. The van der Waals surface area contributed by atoms with E-state index in [0.29, 0.717) is 18.7 Å². The molecule has 2 aromatic rings. The van der Waals surface area contributed by atoms with Crippen LogP contribution in [0.4, 0.5) is 0 Å². The molecule has 170 valence electrons. The van der Waals surface area contributed by atoms with Gasteiger partial charge in [0.25, 0.3) is 5.91 Å². The summed E-state index contributed by atoms with van der Waals surface area (Å²) in [6, 6.07) is 20.1. The van der Waals surface area contributed by atoms with Crippen LogP contribution >= 0.6 is 0 Å². The monoisotopic (exact) mass is 433 g/mol. The Balaban J connectivity index is 1.42. The summed E-state index contributed by atoms with van der Waals surface area (Å²) >= 11 is 0. The molecule has 2 amide bonds. The van der Waals surface area contributed by atoms with E-state index in [-0.39, 0.29) is 23.8 Å². The summed E-state index contributed by atoms with van der Waals surface area (Å²) in [4.78, 5) is 30.8. The molecule has 1 heterocycles. The van der Waals surface area contributed by atoms with Gasteiger partial charge in [0, 0.05) is 31.2 Å². The van der Waals surface area contributed by atoms with Crippen LogP contribution in [-0.2, 0) is 11.2 Å². The summed E-state index contributed by atoms with van der Waals surface area (Å²) in [6.45, 7) is 4.20. The van der Waals surface area contributed by atoms with E-state index in [2.05, 4.69) is 40.5 Å². The number of carbonyl (C=O) groups is 2. The highest BCUT2D eigenvalue weighted by Gasteiger charge is 2.39. The number of carbonyl (C=O) groups excluding carboxylic acids is 2. The van der Waals surface area contributed by atoms with E-state index in [0.717, 1.165) is 58.2 Å². The Bertz CT molecular complexity index is 871. The first-order valence-electron chi connectivity index (χ1n) is 12.1. The number of nitrogens with one attached hydrogen (secondary N) is 1. The van der Waals surface area contributed by atoms with Gasteiger partial charge < -0.3 is 15.1 Å². The molecule has 2 atom stereocenters. The summed E-state index contributed by atoms with van der Waals surface area (Å²) in [5, 5.41) is 3.17. The molecule has 1 N–H and O–H groups in total. The molecule has 0 unspecified atom stereocenters. The van der Waals surface area contributed by atoms with Crippen molar-refractivity contribution in [1.29, 1.82) is 0 Å². The molecule has 0 aromatic heterocycles. The minimum atomic E-state index is -0.0905.